The van der Waals surface area contributed by atoms with Crippen molar-refractivity contribution in [2.45, 2.75) is 19.9 Å². The molecule has 2 aromatic rings. The van der Waals surface area contributed by atoms with Crippen molar-refractivity contribution in [3.05, 3.63) is 48.5 Å². The van der Waals surface area contributed by atoms with E-state index in [4.69, 9.17) is 5.73 Å². The van der Waals surface area contributed by atoms with Gasteiger partial charge in [-0.25, -0.2) is 4.98 Å². The van der Waals surface area contributed by atoms with Crippen molar-refractivity contribution in [3.63, 3.8) is 0 Å². The summed E-state index contributed by atoms with van der Waals surface area (Å²) in [7, 11) is 0. The molecule has 0 aliphatic heterocycles. The molecule has 2 rings (SSSR count). The third-order valence-electron chi connectivity index (χ3n) is 2.76. The number of hydrogen-bond donors (Lipinski definition) is 1. The molecule has 1 aromatic carbocycles. The summed E-state index contributed by atoms with van der Waals surface area (Å²) in [4.78, 5) is 4.11. The Morgan fingerprint density at radius 3 is 2.38 bits per heavy atom. The lowest BCUT2D eigenvalue weighted by Gasteiger charge is -2.22. The van der Waals surface area contributed by atoms with Crippen LogP contribution in [0.4, 0.5) is 5.69 Å². The lowest BCUT2D eigenvalue weighted by molar-refractivity contribution is 0.436. The Morgan fingerprint density at radius 1 is 1.19 bits per heavy atom. The molecular weight excluding hydrogens is 198 g/mol. The molecule has 1 atom stereocenters. The first kappa shape index (κ1) is 10.7. The quantitative estimate of drug-likeness (QED) is 0.800. The second-order valence-corrected chi connectivity index (χ2v) is 4.37. The number of benzene rings is 1. The maximum absolute atomic E-state index is 5.70. The van der Waals surface area contributed by atoms with Crippen LogP contribution in [0.15, 0.2) is 43.0 Å². The summed E-state index contributed by atoms with van der Waals surface area (Å²) in [6.07, 6.45) is 5.68. The van der Waals surface area contributed by atoms with Crippen LogP contribution < -0.4 is 5.73 Å². The highest BCUT2D eigenvalue weighted by molar-refractivity contribution is 5.40. The molecule has 0 aliphatic rings. The molecule has 1 unspecified atom stereocenters. The maximum Gasteiger partial charge on any atom is 0.0951 e. The molecule has 0 bridgehead atoms. The Kier molecular flexibility index (Phi) is 2.95. The van der Waals surface area contributed by atoms with E-state index in [-0.39, 0.29) is 0 Å². The summed E-state index contributed by atoms with van der Waals surface area (Å²) in [5.74, 6) is 0.512. The fraction of sp³-hybridized carbons (Fsp3) is 0.308. The van der Waals surface area contributed by atoms with Crippen molar-refractivity contribution in [3.8, 4) is 0 Å². The summed E-state index contributed by atoms with van der Waals surface area (Å²) in [5.41, 5.74) is 7.77. The number of hydrogen-bond acceptors (Lipinski definition) is 2. The molecule has 2 N–H and O–H groups in total. The zero-order chi connectivity index (χ0) is 11.5. The number of anilines is 1. The van der Waals surface area contributed by atoms with Crippen molar-refractivity contribution in [1.82, 2.24) is 9.55 Å². The number of nitrogen functional groups attached to an aromatic ring is 1. The molecule has 0 saturated heterocycles. The Hall–Kier alpha value is -1.77. The number of aromatic nitrogens is 2. The Labute approximate surface area is 95.9 Å². The Morgan fingerprint density at radius 2 is 1.88 bits per heavy atom. The van der Waals surface area contributed by atoms with Crippen molar-refractivity contribution >= 4 is 5.69 Å². The summed E-state index contributed by atoms with van der Waals surface area (Å²) < 4.78 is 2.14. The average molecular weight is 215 g/mol. The van der Waals surface area contributed by atoms with E-state index in [9.17, 15) is 0 Å². The van der Waals surface area contributed by atoms with E-state index in [1.165, 1.54) is 5.56 Å². The highest BCUT2D eigenvalue weighted by Crippen LogP contribution is 2.26. The van der Waals surface area contributed by atoms with Gasteiger partial charge in [0.25, 0.3) is 0 Å². The van der Waals surface area contributed by atoms with Gasteiger partial charge < -0.3 is 10.3 Å². The van der Waals surface area contributed by atoms with E-state index in [0.29, 0.717) is 12.0 Å². The zero-order valence-corrected chi connectivity index (χ0v) is 9.67. The summed E-state index contributed by atoms with van der Waals surface area (Å²) in [6.45, 7) is 4.42. The molecule has 0 saturated carbocycles. The maximum atomic E-state index is 5.70. The first-order valence-corrected chi connectivity index (χ1v) is 5.51. The van der Waals surface area contributed by atoms with Gasteiger partial charge in [0.15, 0.2) is 0 Å². The molecule has 3 heteroatoms. The van der Waals surface area contributed by atoms with Gasteiger partial charge in [-0.2, -0.15) is 0 Å². The summed E-state index contributed by atoms with van der Waals surface area (Å²) in [6, 6.07) is 8.38. The largest absolute Gasteiger partial charge is 0.399 e. The van der Waals surface area contributed by atoms with Crippen molar-refractivity contribution in [1.29, 1.82) is 0 Å². The molecule has 0 radical (unpaired) electrons. The summed E-state index contributed by atoms with van der Waals surface area (Å²) >= 11 is 0. The first-order chi connectivity index (χ1) is 7.68. The minimum atomic E-state index is 0.322. The smallest absolute Gasteiger partial charge is 0.0951 e. The topological polar surface area (TPSA) is 43.8 Å². The second kappa shape index (κ2) is 4.39. The van der Waals surface area contributed by atoms with Gasteiger partial charge in [0.1, 0.15) is 0 Å². The van der Waals surface area contributed by atoms with Crippen LogP contribution in [-0.2, 0) is 0 Å². The van der Waals surface area contributed by atoms with Crippen molar-refractivity contribution in [2.75, 3.05) is 5.73 Å². The molecule has 1 aromatic heterocycles. The van der Waals surface area contributed by atoms with Crippen LogP contribution in [-0.4, -0.2) is 9.55 Å². The van der Waals surface area contributed by atoms with Crippen LogP contribution >= 0.6 is 0 Å². The SMILES string of the molecule is CC(C)C(c1ccc(N)cc1)n1ccnc1. The number of nitrogens with two attached hydrogens (primary N) is 1. The van der Waals surface area contributed by atoms with Crippen LogP contribution in [0.25, 0.3) is 0 Å². The van der Waals surface area contributed by atoms with Gasteiger partial charge in [-0.15, -0.1) is 0 Å². The van der Waals surface area contributed by atoms with Gasteiger partial charge in [0, 0.05) is 18.1 Å². The van der Waals surface area contributed by atoms with Crippen molar-refractivity contribution in [2.24, 2.45) is 5.92 Å². The lowest BCUT2D eigenvalue weighted by Crippen LogP contribution is -2.15. The van der Waals surface area contributed by atoms with Gasteiger partial charge in [-0.1, -0.05) is 26.0 Å². The molecular formula is C13H17N3. The van der Waals surface area contributed by atoms with E-state index < -0.39 is 0 Å². The molecule has 0 amide bonds. The molecule has 0 fully saturated rings. The monoisotopic (exact) mass is 215 g/mol. The minimum Gasteiger partial charge on any atom is -0.399 e. The predicted octanol–water partition coefficient (Wildman–Crippen LogP) is 2.71. The Balaban J connectivity index is 2.37. The van der Waals surface area contributed by atoms with Crippen LogP contribution in [0.1, 0.15) is 25.5 Å². The lowest BCUT2D eigenvalue weighted by atomic mass is 9.96. The molecule has 1 heterocycles. The van der Waals surface area contributed by atoms with Crippen LogP contribution in [0.3, 0.4) is 0 Å². The van der Waals surface area contributed by atoms with Crippen LogP contribution in [0, 0.1) is 5.92 Å². The van der Waals surface area contributed by atoms with Crippen LogP contribution in [0.2, 0.25) is 0 Å². The number of rotatable bonds is 3. The van der Waals surface area contributed by atoms with Gasteiger partial charge >= 0.3 is 0 Å². The molecule has 84 valence electrons. The summed E-state index contributed by atoms with van der Waals surface area (Å²) in [5, 5.41) is 0. The highest BCUT2D eigenvalue weighted by Gasteiger charge is 2.16. The number of imidazole rings is 1. The minimum absolute atomic E-state index is 0.322. The van der Waals surface area contributed by atoms with Crippen LogP contribution in [0.5, 0.6) is 0 Å². The highest BCUT2D eigenvalue weighted by atomic mass is 15.1. The molecule has 3 nitrogen and oxygen atoms in total. The fourth-order valence-corrected chi connectivity index (χ4v) is 2.03. The van der Waals surface area contributed by atoms with E-state index in [1.54, 1.807) is 0 Å². The standard InChI is InChI=1S/C13H17N3/c1-10(2)13(16-8-7-15-9-16)11-3-5-12(14)6-4-11/h3-10,13H,14H2,1-2H3. The third kappa shape index (κ3) is 2.08. The van der Waals surface area contributed by atoms with Gasteiger partial charge in [-0.3, -0.25) is 0 Å². The van der Waals surface area contributed by atoms with E-state index in [1.807, 2.05) is 30.9 Å². The van der Waals surface area contributed by atoms with Gasteiger partial charge in [0.2, 0.25) is 0 Å². The normalized spacial score (nSPS) is 12.9. The second-order valence-electron chi connectivity index (χ2n) is 4.37. The molecule has 16 heavy (non-hydrogen) atoms. The van der Waals surface area contributed by atoms with E-state index in [0.717, 1.165) is 5.69 Å². The third-order valence-corrected chi connectivity index (χ3v) is 2.76. The molecule has 0 spiro atoms. The average Bonchev–Trinajstić information content (AvgIpc) is 2.74. The number of nitrogens with zero attached hydrogens (tertiary/aromatic N) is 2. The van der Waals surface area contributed by atoms with E-state index in [2.05, 4.69) is 35.5 Å². The predicted molar refractivity (Wildman–Crippen MR) is 66.1 cm³/mol. The molecule has 0 aliphatic carbocycles. The van der Waals surface area contributed by atoms with Crippen molar-refractivity contribution < 1.29 is 0 Å². The zero-order valence-electron chi connectivity index (χ0n) is 9.67. The van der Waals surface area contributed by atoms with E-state index >= 15 is 0 Å². The van der Waals surface area contributed by atoms with Gasteiger partial charge in [0.05, 0.1) is 12.4 Å². The van der Waals surface area contributed by atoms with Gasteiger partial charge in [-0.05, 0) is 23.6 Å². The fourth-order valence-electron chi connectivity index (χ4n) is 2.03. The Bertz CT molecular complexity index is 429. The first-order valence-electron chi connectivity index (χ1n) is 5.51.